The van der Waals surface area contributed by atoms with Gasteiger partial charge in [0.05, 0.1) is 0 Å². The van der Waals surface area contributed by atoms with Crippen LogP contribution < -0.4 is 22.1 Å². The van der Waals surface area contributed by atoms with Crippen LogP contribution in [0.2, 0.25) is 0 Å². The number of carbonyl (C=O) groups is 3. The Labute approximate surface area is 152 Å². The molecule has 0 unspecified atom stereocenters. The third-order valence-corrected chi connectivity index (χ3v) is 2.32. The Morgan fingerprint density at radius 3 is 1.92 bits per heavy atom. The fourth-order valence-electron chi connectivity index (χ4n) is 1.45. The van der Waals surface area contributed by atoms with Crippen molar-refractivity contribution in [3.05, 3.63) is 0 Å². The monoisotopic (exact) mass is 375 g/mol. The number of alkyl carbamates (subject to hydrolysis) is 2. The Bertz CT molecular complexity index is 536. The number of ether oxygens (including phenoxy) is 2. The van der Waals surface area contributed by atoms with Crippen LogP contribution in [0.3, 0.4) is 0 Å². The van der Waals surface area contributed by atoms with Gasteiger partial charge in [0.15, 0.2) is 0 Å². The van der Waals surface area contributed by atoms with Gasteiger partial charge in [-0.05, 0) is 46.7 Å². The van der Waals surface area contributed by atoms with E-state index in [0.29, 0.717) is 0 Å². The number of hydrogen-bond acceptors (Lipinski definition) is 7. The highest BCUT2D eigenvalue weighted by molar-refractivity contribution is 5.92. The highest BCUT2D eigenvalue weighted by atomic mass is 16.6. The molecule has 6 N–H and O–H groups in total. The molecule has 0 aliphatic carbocycles. The van der Waals surface area contributed by atoms with Crippen molar-refractivity contribution >= 4 is 24.1 Å². The average molecular weight is 375 g/mol. The van der Waals surface area contributed by atoms with E-state index < -0.39 is 35.3 Å². The molecule has 3 amide bonds. The van der Waals surface area contributed by atoms with Crippen LogP contribution >= 0.6 is 0 Å². The molecule has 0 fully saturated rings. The van der Waals surface area contributed by atoms with Crippen LogP contribution in [0, 0.1) is 0 Å². The first-order valence-corrected chi connectivity index (χ1v) is 7.94. The van der Waals surface area contributed by atoms with Gasteiger partial charge in [-0.25, -0.2) is 9.59 Å². The van der Waals surface area contributed by atoms with Crippen LogP contribution in [0.4, 0.5) is 9.59 Å². The molecule has 0 aromatic carbocycles. The van der Waals surface area contributed by atoms with Gasteiger partial charge in [-0.3, -0.25) is 10.1 Å². The molecule has 150 valence electrons. The quantitative estimate of drug-likeness (QED) is 0.227. The fraction of sp³-hybridized carbons (Fsp3) is 0.733. The van der Waals surface area contributed by atoms with Gasteiger partial charge >= 0.3 is 12.2 Å². The second kappa shape index (κ2) is 9.68. The topological polar surface area (TPSA) is 167 Å². The van der Waals surface area contributed by atoms with Crippen molar-refractivity contribution in [2.45, 2.75) is 65.2 Å². The minimum absolute atomic E-state index is 0.0256. The first-order chi connectivity index (χ1) is 11.7. The number of guanidine groups is 1. The van der Waals surface area contributed by atoms with E-state index in [-0.39, 0.29) is 19.0 Å². The third kappa shape index (κ3) is 12.7. The Morgan fingerprint density at radius 2 is 1.46 bits per heavy atom. The number of hydrogen-bond donors (Lipinski definition) is 4. The van der Waals surface area contributed by atoms with Gasteiger partial charge in [0.1, 0.15) is 23.9 Å². The van der Waals surface area contributed by atoms with Crippen molar-refractivity contribution < 1.29 is 28.7 Å². The Hall–Kier alpha value is -2.72. The van der Waals surface area contributed by atoms with E-state index in [1.165, 1.54) is 0 Å². The number of nitrogens with two attached hydrogens (primary N) is 2. The molecule has 0 radical (unpaired) electrons. The van der Waals surface area contributed by atoms with E-state index in [2.05, 4.69) is 15.8 Å². The summed E-state index contributed by atoms with van der Waals surface area (Å²) in [4.78, 5) is 39.4. The molecule has 0 aliphatic rings. The van der Waals surface area contributed by atoms with Crippen molar-refractivity contribution in [2.75, 3.05) is 6.61 Å². The predicted molar refractivity (Wildman–Crippen MR) is 93.9 cm³/mol. The van der Waals surface area contributed by atoms with Gasteiger partial charge in [0, 0.05) is 6.42 Å². The molecule has 0 rings (SSSR count). The van der Waals surface area contributed by atoms with E-state index in [1.807, 2.05) is 0 Å². The van der Waals surface area contributed by atoms with Gasteiger partial charge in [-0.2, -0.15) is 0 Å². The molecular weight excluding hydrogens is 346 g/mol. The van der Waals surface area contributed by atoms with Crippen molar-refractivity contribution in [3.8, 4) is 0 Å². The summed E-state index contributed by atoms with van der Waals surface area (Å²) >= 11 is 0. The van der Waals surface area contributed by atoms with Crippen molar-refractivity contribution in [1.82, 2.24) is 10.6 Å². The molecule has 0 saturated heterocycles. The van der Waals surface area contributed by atoms with Crippen LogP contribution in [0.1, 0.15) is 48.0 Å². The lowest BCUT2D eigenvalue weighted by Gasteiger charge is -2.22. The van der Waals surface area contributed by atoms with E-state index in [9.17, 15) is 14.4 Å². The van der Waals surface area contributed by atoms with Gasteiger partial charge in [-0.15, -0.1) is 0 Å². The van der Waals surface area contributed by atoms with Gasteiger partial charge < -0.3 is 31.1 Å². The van der Waals surface area contributed by atoms with Gasteiger partial charge in [-0.1, -0.05) is 0 Å². The fourth-order valence-corrected chi connectivity index (χ4v) is 1.45. The number of rotatable bonds is 6. The number of oxime groups is 1. The summed E-state index contributed by atoms with van der Waals surface area (Å²) in [5.74, 6) is -1.08. The third-order valence-electron chi connectivity index (χ3n) is 2.32. The van der Waals surface area contributed by atoms with Crippen LogP contribution in [-0.4, -0.2) is 47.9 Å². The summed E-state index contributed by atoms with van der Waals surface area (Å²) in [6, 6.07) is -1.01. The summed E-state index contributed by atoms with van der Waals surface area (Å²) in [6.07, 6.45) is -1.54. The molecule has 0 spiro atoms. The molecule has 0 saturated carbocycles. The molecule has 0 aromatic rings. The normalized spacial score (nSPS) is 13.4. The molecule has 26 heavy (non-hydrogen) atoms. The molecular formula is C15H29N5O6. The van der Waals surface area contributed by atoms with Gasteiger partial charge in [0.2, 0.25) is 11.9 Å². The second-order valence-corrected chi connectivity index (χ2v) is 7.33. The molecule has 0 bridgehead atoms. The maximum Gasteiger partial charge on any atom is 0.414 e. The van der Waals surface area contributed by atoms with Crippen LogP contribution in [0.25, 0.3) is 0 Å². The minimum atomic E-state index is -1.01. The molecule has 0 heterocycles. The Morgan fingerprint density at radius 1 is 0.962 bits per heavy atom. The molecule has 11 nitrogen and oxygen atoms in total. The zero-order valence-electron chi connectivity index (χ0n) is 16.0. The molecule has 1 atom stereocenters. The lowest BCUT2D eigenvalue weighted by atomic mass is 10.2. The minimum Gasteiger partial charge on any atom is -0.444 e. The lowest BCUT2D eigenvalue weighted by molar-refractivity contribution is -0.120. The smallest absolute Gasteiger partial charge is 0.414 e. The maximum atomic E-state index is 11.7. The number of nitrogens with zero attached hydrogens (tertiary/aromatic N) is 1. The number of carbonyl (C=O) groups excluding carboxylic acids is 3. The van der Waals surface area contributed by atoms with E-state index >= 15 is 0 Å². The summed E-state index contributed by atoms with van der Waals surface area (Å²) in [5.41, 5.74) is 9.27. The number of primary amides is 1. The summed E-state index contributed by atoms with van der Waals surface area (Å²) in [7, 11) is 0. The van der Waals surface area contributed by atoms with Crippen molar-refractivity contribution in [1.29, 1.82) is 0 Å². The Kier molecular flexibility index (Phi) is 8.67. The highest BCUT2D eigenvalue weighted by Gasteiger charge is 2.22. The average Bonchev–Trinajstić information content (AvgIpc) is 2.37. The van der Waals surface area contributed by atoms with E-state index in [4.69, 9.17) is 25.8 Å². The first-order valence-electron chi connectivity index (χ1n) is 7.94. The molecule has 0 aromatic heterocycles. The van der Waals surface area contributed by atoms with Crippen LogP contribution in [-0.2, 0) is 19.1 Å². The lowest BCUT2D eigenvalue weighted by Crippen LogP contribution is -2.46. The maximum absolute atomic E-state index is 11.7. The SMILES string of the molecule is CC(C)(C)OC(=O)NC(N)=NOCC[C@H](NC(=O)OC(C)(C)C)C(N)=O. The second-order valence-electron chi connectivity index (χ2n) is 7.33. The summed E-state index contributed by atoms with van der Waals surface area (Å²) in [6.45, 7) is 10.0. The molecule has 11 heteroatoms. The van der Waals surface area contributed by atoms with Crippen molar-refractivity contribution in [2.24, 2.45) is 16.6 Å². The standard InChI is InChI=1S/C15H29N5O6/c1-14(2,3)25-12(22)18-9(10(16)21)7-8-24-20-11(17)19-13(23)26-15(4,5)6/h9H,7-8H2,1-6H3,(H2,16,21)(H,18,22)(H3,17,19,20,23)/t9-/m0/s1. The van der Waals surface area contributed by atoms with E-state index in [1.54, 1.807) is 41.5 Å². The Balaban J connectivity index is 4.37. The van der Waals surface area contributed by atoms with E-state index in [0.717, 1.165) is 0 Å². The zero-order chi connectivity index (χ0) is 20.5. The molecule has 0 aliphatic heterocycles. The van der Waals surface area contributed by atoms with Crippen molar-refractivity contribution in [3.63, 3.8) is 0 Å². The number of amides is 3. The van der Waals surface area contributed by atoms with Crippen LogP contribution in [0.15, 0.2) is 5.16 Å². The zero-order valence-corrected chi connectivity index (χ0v) is 16.0. The predicted octanol–water partition coefficient (Wildman–Crippen LogP) is 0.526. The van der Waals surface area contributed by atoms with Crippen LogP contribution in [0.5, 0.6) is 0 Å². The summed E-state index contributed by atoms with van der Waals surface area (Å²) in [5, 5.41) is 7.95. The first kappa shape index (κ1) is 23.3. The summed E-state index contributed by atoms with van der Waals surface area (Å²) < 4.78 is 10.0. The highest BCUT2D eigenvalue weighted by Crippen LogP contribution is 2.07. The largest absolute Gasteiger partial charge is 0.444 e. The number of nitrogens with one attached hydrogen (secondary N) is 2. The van der Waals surface area contributed by atoms with Gasteiger partial charge in [0.25, 0.3) is 0 Å².